The van der Waals surface area contributed by atoms with E-state index in [9.17, 15) is 13.2 Å². The van der Waals surface area contributed by atoms with Gasteiger partial charge in [0.1, 0.15) is 5.75 Å². The molecule has 1 saturated heterocycles. The highest BCUT2D eigenvalue weighted by Crippen LogP contribution is 2.33. The van der Waals surface area contributed by atoms with E-state index in [-0.39, 0.29) is 10.8 Å². The maximum atomic E-state index is 12.6. The van der Waals surface area contributed by atoms with Crippen molar-refractivity contribution in [2.45, 2.75) is 24.2 Å². The molecule has 0 aliphatic carbocycles. The van der Waals surface area contributed by atoms with Crippen LogP contribution in [-0.2, 0) is 21.2 Å². The topological polar surface area (TPSA) is 75.7 Å². The quantitative estimate of drug-likeness (QED) is 0.807. The Balaban J connectivity index is 1.77. The number of rotatable bonds is 7. The van der Waals surface area contributed by atoms with Gasteiger partial charge in [-0.05, 0) is 36.6 Å². The Morgan fingerprint density at radius 2 is 1.92 bits per heavy atom. The standard InChI is InChI=1S/C19H22N2O4S/c1-25-18-10-9-16(14-17(18)21-13-5-8-19(21)22)26(23,24)20-12-11-15-6-3-2-4-7-15/h2-4,6-7,9-10,14,20H,5,8,11-13H2,1H3. The first-order chi connectivity index (χ1) is 12.5. The Hall–Kier alpha value is -2.38. The van der Waals surface area contributed by atoms with Crippen LogP contribution in [0.5, 0.6) is 5.75 Å². The predicted molar refractivity (Wildman–Crippen MR) is 99.9 cm³/mol. The number of hydrogen-bond acceptors (Lipinski definition) is 4. The molecule has 0 aromatic heterocycles. The van der Waals surface area contributed by atoms with Crippen LogP contribution in [0.3, 0.4) is 0 Å². The molecule has 3 rings (SSSR count). The molecule has 0 saturated carbocycles. The van der Waals surface area contributed by atoms with Crippen molar-refractivity contribution in [2.75, 3.05) is 25.1 Å². The molecule has 1 aliphatic rings. The number of nitrogens with one attached hydrogen (secondary N) is 1. The summed E-state index contributed by atoms with van der Waals surface area (Å²) in [5.41, 5.74) is 1.56. The number of ether oxygens (including phenoxy) is 1. The molecule has 1 N–H and O–H groups in total. The van der Waals surface area contributed by atoms with Crippen molar-refractivity contribution in [3.63, 3.8) is 0 Å². The van der Waals surface area contributed by atoms with Crippen molar-refractivity contribution in [3.8, 4) is 5.75 Å². The molecule has 138 valence electrons. The van der Waals surface area contributed by atoms with E-state index < -0.39 is 10.0 Å². The molecule has 2 aromatic carbocycles. The maximum absolute atomic E-state index is 12.6. The Morgan fingerprint density at radius 3 is 2.58 bits per heavy atom. The van der Waals surface area contributed by atoms with Gasteiger partial charge in [0.05, 0.1) is 17.7 Å². The lowest BCUT2D eigenvalue weighted by Gasteiger charge is -2.20. The van der Waals surface area contributed by atoms with E-state index in [2.05, 4.69) is 4.72 Å². The largest absolute Gasteiger partial charge is 0.495 e. The maximum Gasteiger partial charge on any atom is 0.240 e. The van der Waals surface area contributed by atoms with E-state index in [0.717, 1.165) is 12.0 Å². The van der Waals surface area contributed by atoms with Crippen molar-refractivity contribution in [1.29, 1.82) is 0 Å². The number of benzene rings is 2. The molecule has 0 bridgehead atoms. The summed E-state index contributed by atoms with van der Waals surface area (Å²) in [7, 11) is -2.16. The van der Waals surface area contributed by atoms with Gasteiger partial charge in [-0.1, -0.05) is 30.3 Å². The highest BCUT2D eigenvalue weighted by molar-refractivity contribution is 7.89. The van der Waals surface area contributed by atoms with Gasteiger partial charge in [0.2, 0.25) is 15.9 Å². The molecule has 0 unspecified atom stereocenters. The Labute approximate surface area is 153 Å². The van der Waals surface area contributed by atoms with Gasteiger partial charge in [-0.2, -0.15) is 0 Å². The van der Waals surface area contributed by atoms with Gasteiger partial charge >= 0.3 is 0 Å². The first-order valence-corrected chi connectivity index (χ1v) is 10.0. The molecule has 1 amide bonds. The highest BCUT2D eigenvalue weighted by atomic mass is 32.2. The zero-order valence-corrected chi connectivity index (χ0v) is 15.5. The third-order valence-electron chi connectivity index (χ3n) is 4.37. The number of hydrogen-bond donors (Lipinski definition) is 1. The second-order valence-electron chi connectivity index (χ2n) is 6.12. The van der Waals surface area contributed by atoms with E-state index in [1.807, 2.05) is 30.3 Å². The summed E-state index contributed by atoms with van der Waals surface area (Å²) < 4.78 is 33.2. The van der Waals surface area contributed by atoms with Gasteiger partial charge in [-0.15, -0.1) is 0 Å². The van der Waals surface area contributed by atoms with E-state index in [0.29, 0.717) is 37.4 Å². The summed E-state index contributed by atoms with van der Waals surface area (Å²) in [4.78, 5) is 13.7. The van der Waals surface area contributed by atoms with Crippen molar-refractivity contribution in [1.82, 2.24) is 4.72 Å². The smallest absolute Gasteiger partial charge is 0.240 e. The summed E-state index contributed by atoms with van der Waals surface area (Å²) in [5.74, 6) is 0.471. The second kappa shape index (κ2) is 7.88. The number of methoxy groups -OCH3 is 1. The molecule has 1 fully saturated rings. The normalized spacial score (nSPS) is 14.7. The minimum absolute atomic E-state index is 0.0186. The highest BCUT2D eigenvalue weighted by Gasteiger charge is 2.26. The monoisotopic (exact) mass is 374 g/mol. The van der Waals surface area contributed by atoms with Crippen LogP contribution >= 0.6 is 0 Å². The van der Waals surface area contributed by atoms with E-state index in [1.165, 1.54) is 19.2 Å². The van der Waals surface area contributed by atoms with Gasteiger partial charge in [0.15, 0.2) is 0 Å². The molecule has 0 spiro atoms. The predicted octanol–water partition coefficient (Wildman–Crippen LogP) is 2.34. The number of nitrogens with zero attached hydrogens (tertiary/aromatic N) is 1. The first-order valence-electron chi connectivity index (χ1n) is 8.53. The van der Waals surface area contributed by atoms with E-state index in [4.69, 9.17) is 4.74 Å². The van der Waals surface area contributed by atoms with Crippen molar-refractivity contribution in [3.05, 3.63) is 54.1 Å². The average Bonchev–Trinajstić information content (AvgIpc) is 3.07. The van der Waals surface area contributed by atoms with Crippen LogP contribution in [0.1, 0.15) is 18.4 Å². The number of sulfonamides is 1. The molecule has 0 radical (unpaired) electrons. The van der Waals surface area contributed by atoms with Gasteiger partial charge in [-0.25, -0.2) is 13.1 Å². The number of carbonyl (C=O) groups is 1. The fourth-order valence-corrected chi connectivity index (χ4v) is 4.06. The van der Waals surface area contributed by atoms with Crippen molar-refractivity contribution >= 4 is 21.6 Å². The van der Waals surface area contributed by atoms with Crippen LogP contribution in [0.15, 0.2) is 53.4 Å². The number of amides is 1. The zero-order valence-electron chi connectivity index (χ0n) is 14.6. The molecular formula is C19H22N2O4S. The molecule has 2 aromatic rings. The molecule has 1 heterocycles. The summed E-state index contributed by atoms with van der Waals surface area (Å²) in [5, 5.41) is 0. The lowest BCUT2D eigenvalue weighted by atomic mass is 10.2. The molecule has 26 heavy (non-hydrogen) atoms. The Bertz CT molecular complexity index is 882. The van der Waals surface area contributed by atoms with E-state index in [1.54, 1.807) is 11.0 Å². The number of anilines is 1. The minimum Gasteiger partial charge on any atom is -0.495 e. The van der Waals surface area contributed by atoms with Gasteiger partial charge in [-0.3, -0.25) is 4.79 Å². The zero-order chi connectivity index (χ0) is 18.6. The fraction of sp³-hybridized carbons (Fsp3) is 0.316. The first kappa shape index (κ1) is 18.4. The van der Waals surface area contributed by atoms with Crippen LogP contribution in [0.2, 0.25) is 0 Å². The summed E-state index contributed by atoms with van der Waals surface area (Å²) in [6, 6.07) is 14.3. The summed E-state index contributed by atoms with van der Waals surface area (Å²) in [6.07, 6.45) is 1.83. The van der Waals surface area contributed by atoms with Crippen LogP contribution in [-0.4, -0.2) is 34.5 Å². The number of carbonyl (C=O) groups excluding carboxylic acids is 1. The van der Waals surface area contributed by atoms with Gasteiger partial charge < -0.3 is 9.64 Å². The van der Waals surface area contributed by atoms with Crippen LogP contribution < -0.4 is 14.4 Å². The molecule has 7 heteroatoms. The minimum atomic E-state index is -3.67. The Morgan fingerprint density at radius 1 is 1.15 bits per heavy atom. The lowest BCUT2D eigenvalue weighted by Crippen LogP contribution is -2.27. The third kappa shape index (κ3) is 4.05. The van der Waals surface area contributed by atoms with Crippen molar-refractivity contribution in [2.24, 2.45) is 0 Å². The van der Waals surface area contributed by atoms with Gasteiger partial charge in [0, 0.05) is 19.5 Å². The molecular weight excluding hydrogens is 352 g/mol. The molecule has 1 aliphatic heterocycles. The van der Waals surface area contributed by atoms with Crippen LogP contribution in [0.4, 0.5) is 5.69 Å². The Kier molecular flexibility index (Phi) is 5.58. The molecule has 6 nitrogen and oxygen atoms in total. The van der Waals surface area contributed by atoms with E-state index >= 15 is 0 Å². The van der Waals surface area contributed by atoms with Gasteiger partial charge in [0.25, 0.3) is 0 Å². The second-order valence-corrected chi connectivity index (χ2v) is 7.88. The van der Waals surface area contributed by atoms with Crippen LogP contribution in [0, 0.1) is 0 Å². The SMILES string of the molecule is COc1ccc(S(=O)(=O)NCCc2ccccc2)cc1N1CCCC1=O. The third-order valence-corrected chi connectivity index (χ3v) is 5.83. The molecule has 0 atom stereocenters. The fourth-order valence-electron chi connectivity index (χ4n) is 3.01. The lowest BCUT2D eigenvalue weighted by molar-refractivity contribution is -0.117. The summed E-state index contributed by atoms with van der Waals surface area (Å²) in [6.45, 7) is 0.872. The van der Waals surface area contributed by atoms with Crippen molar-refractivity contribution < 1.29 is 17.9 Å². The average molecular weight is 374 g/mol. The summed E-state index contributed by atoms with van der Waals surface area (Å²) >= 11 is 0. The van der Waals surface area contributed by atoms with Crippen LogP contribution in [0.25, 0.3) is 0 Å².